The minimum absolute atomic E-state index is 0.0459. The van der Waals surface area contributed by atoms with Gasteiger partial charge in [-0.15, -0.1) is 0 Å². The summed E-state index contributed by atoms with van der Waals surface area (Å²) in [7, 11) is 0. The highest BCUT2D eigenvalue weighted by Gasteiger charge is 2.13. The number of hydrogen-bond acceptors (Lipinski definition) is 3. The number of aliphatic hydroxyl groups is 1. The number of benzene rings is 1. The number of carboxylic acid groups (broad SMARTS) is 1. The first-order valence-electron chi connectivity index (χ1n) is 8.04. The summed E-state index contributed by atoms with van der Waals surface area (Å²) in [5, 5.41) is 22.0. The van der Waals surface area contributed by atoms with Crippen LogP contribution in [0, 0.1) is 5.92 Å². The topological polar surface area (TPSA) is 69.6 Å². The van der Waals surface area contributed by atoms with Crippen molar-refractivity contribution < 1.29 is 15.0 Å². The van der Waals surface area contributed by atoms with Crippen molar-refractivity contribution >= 4 is 11.7 Å². The van der Waals surface area contributed by atoms with Gasteiger partial charge in [0.2, 0.25) is 0 Å². The van der Waals surface area contributed by atoms with E-state index in [2.05, 4.69) is 12.2 Å². The molecule has 4 nitrogen and oxygen atoms in total. The Labute approximate surface area is 133 Å². The fraction of sp³-hybridized carbons (Fsp3) is 0.611. The zero-order valence-corrected chi connectivity index (χ0v) is 13.9. The predicted molar refractivity (Wildman–Crippen MR) is 90.2 cm³/mol. The lowest BCUT2D eigenvalue weighted by Crippen LogP contribution is -2.18. The zero-order valence-electron chi connectivity index (χ0n) is 13.9. The number of aliphatic carboxylic acids is 1. The molecule has 4 heteroatoms. The Morgan fingerprint density at radius 3 is 2.59 bits per heavy atom. The van der Waals surface area contributed by atoms with Gasteiger partial charge < -0.3 is 15.5 Å². The summed E-state index contributed by atoms with van der Waals surface area (Å²) < 4.78 is 0. The molecule has 1 atom stereocenters. The minimum atomic E-state index is -0.811. The molecule has 22 heavy (non-hydrogen) atoms. The molecule has 0 aliphatic carbocycles. The lowest BCUT2D eigenvalue weighted by Gasteiger charge is -2.19. The van der Waals surface area contributed by atoms with E-state index in [4.69, 9.17) is 5.11 Å². The van der Waals surface area contributed by atoms with E-state index in [-0.39, 0.29) is 6.42 Å². The van der Waals surface area contributed by atoms with E-state index in [1.807, 2.05) is 38.1 Å². The number of nitrogens with one attached hydrogen (secondary N) is 1. The van der Waals surface area contributed by atoms with Crippen LogP contribution < -0.4 is 5.32 Å². The lowest BCUT2D eigenvalue weighted by molar-refractivity contribution is -0.136. The van der Waals surface area contributed by atoms with Crippen LogP contribution in [0.3, 0.4) is 0 Å². The molecular weight excluding hydrogens is 278 g/mol. The highest BCUT2D eigenvalue weighted by atomic mass is 16.4. The molecular formula is C18H29NO3. The molecule has 1 aromatic carbocycles. The Morgan fingerprint density at radius 1 is 1.27 bits per heavy atom. The van der Waals surface area contributed by atoms with Crippen LogP contribution in [0.1, 0.15) is 52.0 Å². The van der Waals surface area contributed by atoms with Crippen molar-refractivity contribution in [3.63, 3.8) is 0 Å². The van der Waals surface area contributed by atoms with Gasteiger partial charge in [-0.05, 0) is 44.2 Å². The molecule has 1 unspecified atom stereocenters. The first-order valence-corrected chi connectivity index (χ1v) is 8.04. The molecule has 1 aromatic rings. The van der Waals surface area contributed by atoms with Crippen LogP contribution in [0.25, 0.3) is 0 Å². The normalized spacial score (nSPS) is 12.9. The minimum Gasteiger partial charge on any atom is -0.481 e. The van der Waals surface area contributed by atoms with Crippen LogP contribution in [0.2, 0.25) is 0 Å². The fourth-order valence-corrected chi connectivity index (χ4v) is 2.49. The number of carboxylic acids is 1. The Balaban J connectivity index is 2.33. The molecule has 0 amide bonds. The van der Waals surface area contributed by atoms with Crippen LogP contribution in [0.4, 0.5) is 5.69 Å². The van der Waals surface area contributed by atoms with Gasteiger partial charge in [0.25, 0.3) is 0 Å². The average molecular weight is 307 g/mol. The molecule has 0 heterocycles. The van der Waals surface area contributed by atoms with E-state index < -0.39 is 11.6 Å². The van der Waals surface area contributed by atoms with Crippen molar-refractivity contribution in [2.75, 3.05) is 11.9 Å². The van der Waals surface area contributed by atoms with E-state index in [0.29, 0.717) is 5.92 Å². The molecule has 0 bridgehead atoms. The van der Waals surface area contributed by atoms with Gasteiger partial charge in [0, 0.05) is 12.2 Å². The van der Waals surface area contributed by atoms with E-state index in [1.165, 1.54) is 0 Å². The first-order chi connectivity index (χ1) is 10.3. The highest BCUT2D eigenvalue weighted by molar-refractivity contribution is 5.73. The lowest BCUT2D eigenvalue weighted by atomic mass is 9.95. The maximum absolute atomic E-state index is 10.9. The SMILES string of the molecule is CC(CCCC(C)(C)O)CCNc1ccccc1CC(=O)O. The summed E-state index contributed by atoms with van der Waals surface area (Å²) in [4.78, 5) is 10.9. The first kappa shape index (κ1) is 18.5. The maximum atomic E-state index is 10.9. The number of carbonyl (C=O) groups is 1. The molecule has 0 aliphatic rings. The quantitative estimate of drug-likeness (QED) is 0.616. The second kappa shape index (κ2) is 8.79. The average Bonchev–Trinajstić information content (AvgIpc) is 2.38. The van der Waals surface area contributed by atoms with Crippen molar-refractivity contribution in [2.24, 2.45) is 5.92 Å². The third-order valence-electron chi connectivity index (χ3n) is 3.80. The van der Waals surface area contributed by atoms with Crippen molar-refractivity contribution in [3.8, 4) is 0 Å². The van der Waals surface area contributed by atoms with Gasteiger partial charge >= 0.3 is 5.97 Å². The van der Waals surface area contributed by atoms with Crippen molar-refractivity contribution in [1.82, 2.24) is 0 Å². The largest absolute Gasteiger partial charge is 0.481 e. The molecule has 0 radical (unpaired) electrons. The zero-order chi connectivity index (χ0) is 16.6. The number of rotatable bonds is 10. The second-order valence-electron chi connectivity index (χ2n) is 6.75. The molecule has 0 fully saturated rings. The third kappa shape index (κ3) is 8.03. The van der Waals surface area contributed by atoms with Crippen LogP contribution in [0.5, 0.6) is 0 Å². The maximum Gasteiger partial charge on any atom is 0.307 e. The fourth-order valence-electron chi connectivity index (χ4n) is 2.49. The van der Waals surface area contributed by atoms with Crippen LogP contribution in [0.15, 0.2) is 24.3 Å². The monoisotopic (exact) mass is 307 g/mol. The van der Waals surface area contributed by atoms with Gasteiger partial charge in [0.05, 0.1) is 12.0 Å². The summed E-state index contributed by atoms with van der Waals surface area (Å²) in [5.74, 6) is -0.226. The van der Waals surface area contributed by atoms with Crippen LogP contribution in [-0.4, -0.2) is 28.3 Å². The van der Waals surface area contributed by atoms with Gasteiger partial charge in [-0.3, -0.25) is 4.79 Å². The van der Waals surface area contributed by atoms with Gasteiger partial charge in [0.1, 0.15) is 0 Å². The Bertz CT molecular complexity index is 466. The van der Waals surface area contributed by atoms with E-state index in [9.17, 15) is 9.90 Å². The number of hydrogen-bond donors (Lipinski definition) is 3. The van der Waals surface area contributed by atoms with Crippen LogP contribution >= 0.6 is 0 Å². The predicted octanol–water partition coefficient (Wildman–Crippen LogP) is 3.69. The van der Waals surface area contributed by atoms with E-state index in [1.54, 1.807) is 0 Å². The number of para-hydroxylation sites is 1. The van der Waals surface area contributed by atoms with Crippen molar-refractivity contribution in [1.29, 1.82) is 0 Å². The summed E-state index contributed by atoms with van der Waals surface area (Å²) in [6.45, 7) is 6.74. The molecule has 0 aliphatic heterocycles. The molecule has 0 aromatic heterocycles. The van der Waals surface area contributed by atoms with E-state index in [0.717, 1.165) is 43.5 Å². The van der Waals surface area contributed by atoms with E-state index >= 15 is 0 Å². The summed E-state index contributed by atoms with van der Waals surface area (Å²) in [6.07, 6.45) is 4.03. The van der Waals surface area contributed by atoms with Crippen molar-refractivity contribution in [3.05, 3.63) is 29.8 Å². The molecule has 0 saturated heterocycles. The molecule has 3 N–H and O–H groups in total. The summed E-state index contributed by atoms with van der Waals surface area (Å²) in [5.41, 5.74) is 1.16. The highest BCUT2D eigenvalue weighted by Crippen LogP contribution is 2.19. The molecule has 1 rings (SSSR count). The second-order valence-corrected chi connectivity index (χ2v) is 6.75. The van der Waals surface area contributed by atoms with Gasteiger partial charge in [0.15, 0.2) is 0 Å². The van der Waals surface area contributed by atoms with Crippen molar-refractivity contribution in [2.45, 2.75) is 58.5 Å². The summed E-state index contributed by atoms with van der Waals surface area (Å²) >= 11 is 0. The smallest absolute Gasteiger partial charge is 0.307 e. The molecule has 124 valence electrons. The molecule has 0 saturated carbocycles. The number of anilines is 1. The Morgan fingerprint density at radius 2 is 1.95 bits per heavy atom. The Kier molecular flexibility index (Phi) is 7.39. The van der Waals surface area contributed by atoms with Crippen LogP contribution in [-0.2, 0) is 11.2 Å². The molecule has 0 spiro atoms. The van der Waals surface area contributed by atoms with Gasteiger partial charge in [-0.2, -0.15) is 0 Å². The third-order valence-corrected chi connectivity index (χ3v) is 3.80. The standard InChI is InChI=1S/C18H29NO3/c1-14(7-6-11-18(2,3)22)10-12-19-16-9-5-4-8-15(16)13-17(20)21/h4-5,8-9,14,19,22H,6-7,10-13H2,1-3H3,(H,20,21). The van der Waals surface area contributed by atoms with Gasteiger partial charge in [-0.25, -0.2) is 0 Å². The van der Waals surface area contributed by atoms with Gasteiger partial charge in [-0.1, -0.05) is 38.0 Å². The Hall–Kier alpha value is -1.55. The summed E-state index contributed by atoms with van der Waals surface area (Å²) in [6, 6.07) is 7.56.